The van der Waals surface area contributed by atoms with E-state index in [-0.39, 0.29) is 5.78 Å². The fourth-order valence-corrected chi connectivity index (χ4v) is 2.27. The molecule has 1 aromatic carbocycles. The van der Waals surface area contributed by atoms with Crippen molar-refractivity contribution in [2.45, 2.75) is 13.8 Å². The van der Waals surface area contributed by atoms with Crippen molar-refractivity contribution >= 4 is 11.9 Å². The Labute approximate surface area is 134 Å². The molecule has 0 bridgehead atoms. The van der Waals surface area contributed by atoms with Crippen molar-refractivity contribution in [3.8, 4) is 5.69 Å². The van der Waals surface area contributed by atoms with Gasteiger partial charge in [0.25, 0.3) is 0 Å². The van der Waals surface area contributed by atoms with E-state index in [2.05, 4.69) is 15.4 Å². The van der Waals surface area contributed by atoms with E-state index >= 15 is 0 Å². The lowest BCUT2D eigenvalue weighted by molar-refractivity contribution is 0.104. The highest BCUT2D eigenvalue weighted by molar-refractivity contribution is 6.06. The highest BCUT2D eigenvalue weighted by Gasteiger charge is 2.15. The average molecular weight is 307 g/mol. The topological polar surface area (TPSA) is 65.6 Å². The van der Waals surface area contributed by atoms with Crippen molar-refractivity contribution in [1.82, 2.24) is 24.8 Å². The summed E-state index contributed by atoms with van der Waals surface area (Å²) in [6.07, 6.45) is 6.74. The molecule has 2 aromatic heterocycles. The molecule has 3 aromatic rings. The normalized spacial score (nSPS) is 11.3. The second-order valence-electron chi connectivity index (χ2n) is 5.42. The molecule has 0 atom stereocenters. The van der Waals surface area contributed by atoms with E-state index in [1.54, 1.807) is 21.6 Å². The molecule has 23 heavy (non-hydrogen) atoms. The van der Waals surface area contributed by atoms with Crippen LogP contribution in [-0.4, -0.2) is 30.6 Å². The van der Waals surface area contributed by atoms with Crippen molar-refractivity contribution in [2.24, 2.45) is 7.05 Å². The molecule has 0 fully saturated rings. The summed E-state index contributed by atoms with van der Waals surface area (Å²) in [6, 6.07) is 7.91. The van der Waals surface area contributed by atoms with E-state index in [4.69, 9.17) is 0 Å². The molecule has 6 heteroatoms. The van der Waals surface area contributed by atoms with Gasteiger partial charge in [0.2, 0.25) is 5.78 Å². The summed E-state index contributed by atoms with van der Waals surface area (Å²) in [6.45, 7) is 3.86. The number of carbonyl (C=O) groups excluding carboxylic acids is 1. The number of allylic oxidation sites excluding steroid dienone is 1. The fraction of sp³-hybridized carbons (Fsp3) is 0.176. The summed E-state index contributed by atoms with van der Waals surface area (Å²) in [5, 5.41) is 12.2. The summed E-state index contributed by atoms with van der Waals surface area (Å²) in [5.41, 5.74) is 3.99. The van der Waals surface area contributed by atoms with Crippen LogP contribution < -0.4 is 0 Å². The summed E-state index contributed by atoms with van der Waals surface area (Å²) in [4.78, 5) is 12.3. The molecule has 0 radical (unpaired) electrons. The number of nitrogens with zero attached hydrogens (tertiary/aromatic N) is 5. The number of hydrogen-bond acceptors (Lipinski definition) is 4. The van der Waals surface area contributed by atoms with Crippen LogP contribution in [0, 0.1) is 13.8 Å². The largest absolute Gasteiger partial charge is 0.287 e. The van der Waals surface area contributed by atoms with Gasteiger partial charge in [0, 0.05) is 18.8 Å². The summed E-state index contributed by atoms with van der Waals surface area (Å²) in [7, 11) is 1.83. The predicted molar refractivity (Wildman–Crippen MR) is 87.4 cm³/mol. The van der Waals surface area contributed by atoms with E-state index in [1.165, 1.54) is 11.6 Å². The molecule has 2 heterocycles. The van der Waals surface area contributed by atoms with Gasteiger partial charge in [0.05, 0.1) is 17.6 Å². The maximum absolute atomic E-state index is 12.3. The van der Waals surface area contributed by atoms with Crippen LogP contribution in [0.15, 0.2) is 42.7 Å². The lowest BCUT2D eigenvalue weighted by Gasteiger charge is -2.03. The van der Waals surface area contributed by atoms with Crippen LogP contribution in [0.3, 0.4) is 0 Å². The van der Waals surface area contributed by atoms with E-state index in [0.29, 0.717) is 5.69 Å². The first-order chi connectivity index (χ1) is 11.0. The Hall–Kier alpha value is -3.02. The molecule has 0 amide bonds. The molecule has 0 unspecified atom stereocenters. The molecule has 6 nitrogen and oxygen atoms in total. The molecule has 0 aliphatic heterocycles. The van der Waals surface area contributed by atoms with Crippen molar-refractivity contribution in [3.63, 3.8) is 0 Å². The first-order valence-electron chi connectivity index (χ1n) is 7.25. The molecule has 0 spiro atoms. The van der Waals surface area contributed by atoms with E-state index in [0.717, 1.165) is 16.9 Å². The zero-order valence-corrected chi connectivity index (χ0v) is 13.3. The number of hydrogen-bond donors (Lipinski definition) is 0. The van der Waals surface area contributed by atoms with Crippen LogP contribution >= 0.6 is 0 Å². The van der Waals surface area contributed by atoms with E-state index < -0.39 is 0 Å². The van der Waals surface area contributed by atoms with Crippen LogP contribution in [0.5, 0.6) is 0 Å². The Balaban J connectivity index is 1.85. The van der Waals surface area contributed by atoms with Crippen molar-refractivity contribution < 1.29 is 4.79 Å². The second kappa shape index (κ2) is 6.00. The minimum Gasteiger partial charge on any atom is -0.287 e. The Morgan fingerprint density at radius 3 is 2.57 bits per heavy atom. The van der Waals surface area contributed by atoms with Crippen LogP contribution in [-0.2, 0) is 7.05 Å². The second-order valence-corrected chi connectivity index (χ2v) is 5.42. The van der Waals surface area contributed by atoms with Gasteiger partial charge >= 0.3 is 0 Å². The molecule has 0 saturated heterocycles. The maximum atomic E-state index is 12.3. The molecule has 0 saturated carbocycles. The third-order valence-electron chi connectivity index (χ3n) is 3.56. The summed E-state index contributed by atoms with van der Waals surface area (Å²) >= 11 is 0. The monoisotopic (exact) mass is 307 g/mol. The first-order valence-corrected chi connectivity index (χ1v) is 7.25. The third-order valence-corrected chi connectivity index (χ3v) is 3.56. The van der Waals surface area contributed by atoms with Crippen molar-refractivity contribution in [1.29, 1.82) is 0 Å². The quantitative estimate of drug-likeness (QED) is 0.549. The van der Waals surface area contributed by atoms with Crippen LogP contribution in [0.1, 0.15) is 27.3 Å². The molecular formula is C17H17N5O. The molecule has 116 valence electrons. The Bertz CT molecular complexity index is 871. The smallest absolute Gasteiger partial charge is 0.208 e. The van der Waals surface area contributed by atoms with Gasteiger partial charge in [-0.05, 0) is 38.1 Å². The minimum absolute atomic E-state index is 0.176. The van der Waals surface area contributed by atoms with Gasteiger partial charge in [-0.2, -0.15) is 5.10 Å². The van der Waals surface area contributed by atoms with Gasteiger partial charge in [-0.25, -0.2) is 4.68 Å². The van der Waals surface area contributed by atoms with Crippen LogP contribution in [0.2, 0.25) is 0 Å². The lowest BCUT2D eigenvalue weighted by Crippen LogP contribution is -2.01. The molecule has 0 N–H and O–H groups in total. The first kappa shape index (κ1) is 14.9. The number of ketones is 1. The van der Waals surface area contributed by atoms with Crippen LogP contribution in [0.25, 0.3) is 11.8 Å². The molecule has 0 aliphatic rings. The number of aromatic nitrogens is 5. The molecule has 0 aliphatic carbocycles. The zero-order valence-electron chi connectivity index (χ0n) is 13.3. The summed E-state index contributed by atoms with van der Waals surface area (Å²) < 4.78 is 3.35. The minimum atomic E-state index is -0.176. The number of carbonyl (C=O) groups is 1. The highest BCUT2D eigenvalue weighted by Crippen LogP contribution is 2.14. The SMILES string of the molecule is Cc1ccc(-n2nnc(C(=O)/C=C\c3cnn(C)c3)c2C)cc1. The number of aryl methyl sites for hydroxylation is 2. The van der Waals surface area contributed by atoms with Gasteiger partial charge in [-0.1, -0.05) is 22.9 Å². The van der Waals surface area contributed by atoms with Crippen LogP contribution in [0.4, 0.5) is 0 Å². The Kier molecular flexibility index (Phi) is 3.89. The zero-order chi connectivity index (χ0) is 16.4. The van der Waals surface area contributed by atoms with Gasteiger partial charge in [-0.3, -0.25) is 9.48 Å². The highest BCUT2D eigenvalue weighted by atomic mass is 16.1. The molecule has 3 rings (SSSR count). The predicted octanol–water partition coefficient (Wildman–Crippen LogP) is 2.51. The van der Waals surface area contributed by atoms with Crippen molar-refractivity contribution in [3.05, 3.63) is 65.2 Å². The number of rotatable bonds is 4. The molecular weight excluding hydrogens is 290 g/mol. The third kappa shape index (κ3) is 3.11. The van der Waals surface area contributed by atoms with E-state index in [1.807, 2.05) is 51.4 Å². The van der Waals surface area contributed by atoms with E-state index in [9.17, 15) is 4.79 Å². The lowest BCUT2D eigenvalue weighted by atomic mass is 10.2. The van der Waals surface area contributed by atoms with Gasteiger partial charge in [-0.15, -0.1) is 5.10 Å². The number of benzene rings is 1. The summed E-state index contributed by atoms with van der Waals surface area (Å²) in [5.74, 6) is -0.176. The van der Waals surface area contributed by atoms with Gasteiger partial charge in [0.1, 0.15) is 0 Å². The standard InChI is InChI=1S/C17H17N5O/c1-12-4-7-15(8-5-12)22-13(2)17(19-20-22)16(23)9-6-14-10-18-21(3)11-14/h4-11H,1-3H3/b9-6-. The Morgan fingerprint density at radius 1 is 1.17 bits per heavy atom. The maximum Gasteiger partial charge on any atom is 0.208 e. The Morgan fingerprint density at radius 2 is 1.91 bits per heavy atom. The van der Waals surface area contributed by atoms with Gasteiger partial charge < -0.3 is 0 Å². The van der Waals surface area contributed by atoms with Crippen molar-refractivity contribution in [2.75, 3.05) is 0 Å². The average Bonchev–Trinajstić information content (AvgIpc) is 3.12. The fourth-order valence-electron chi connectivity index (χ4n) is 2.27. The van der Waals surface area contributed by atoms with Gasteiger partial charge in [0.15, 0.2) is 5.69 Å².